The van der Waals surface area contributed by atoms with E-state index in [2.05, 4.69) is 10.6 Å². The largest absolute Gasteiger partial charge is 0.481 e. The van der Waals surface area contributed by atoms with Crippen LogP contribution in [0.2, 0.25) is 0 Å². The minimum Gasteiger partial charge on any atom is -0.481 e. The number of aliphatic carboxylic acids is 1. The molecule has 0 saturated carbocycles. The molecule has 0 fully saturated rings. The molecule has 3 N–H and O–H groups in total. The van der Waals surface area contributed by atoms with Crippen molar-refractivity contribution < 1.29 is 27.9 Å². The van der Waals surface area contributed by atoms with Gasteiger partial charge in [-0.2, -0.15) is 13.2 Å². The number of hydrogen-bond acceptors (Lipinski definition) is 3. The van der Waals surface area contributed by atoms with Gasteiger partial charge in [0.05, 0.1) is 23.1 Å². The Balaban J connectivity index is 0.000000540. The summed E-state index contributed by atoms with van der Waals surface area (Å²) in [4.78, 5) is 22.3. The van der Waals surface area contributed by atoms with Gasteiger partial charge in [0, 0.05) is 31.2 Å². The third-order valence-electron chi connectivity index (χ3n) is 5.09. The molecular formula is C26H30F3N3O3. The lowest BCUT2D eigenvalue weighted by Crippen LogP contribution is -2.24. The van der Waals surface area contributed by atoms with Crippen molar-refractivity contribution in [2.45, 2.75) is 32.5 Å². The van der Waals surface area contributed by atoms with Crippen molar-refractivity contribution in [3.8, 4) is 0 Å². The van der Waals surface area contributed by atoms with Gasteiger partial charge in [0.25, 0.3) is 5.91 Å². The maximum Gasteiger partial charge on any atom is 0.416 e. The Morgan fingerprint density at radius 1 is 1.06 bits per heavy atom. The second-order valence-corrected chi connectivity index (χ2v) is 7.74. The van der Waals surface area contributed by atoms with Gasteiger partial charge >= 0.3 is 12.1 Å². The van der Waals surface area contributed by atoms with E-state index in [-0.39, 0.29) is 12.3 Å². The number of carbonyl (C=O) groups is 2. The van der Waals surface area contributed by atoms with Gasteiger partial charge in [-0.1, -0.05) is 36.4 Å². The molecule has 0 saturated heterocycles. The van der Waals surface area contributed by atoms with Crippen molar-refractivity contribution >= 4 is 22.8 Å². The lowest BCUT2D eigenvalue weighted by atomic mass is 10.1. The SMILES string of the molecule is CC=CCCNC(=O)c1cccc2ccn(Cc3ccc(C(F)(F)F)cc3)c12.CNCCC(=O)O. The quantitative estimate of drug-likeness (QED) is 0.289. The minimum atomic E-state index is -4.35. The number of carbonyl (C=O) groups excluding carboxylic acids is 1. The predicted octanol–water partition coefficient (Wildman–Crippen LogP) is 5.08. The summed E-state index contributed by atoms with van der Waals surface area (Å²) in [6.07, 6.45) is 2.37. The molecule has 0 aliphatic carbocycles. The number of allylic oxidation sites excluding steroid dienone is 1. The number of carboxylic acids is 1. The third kappa shape index (κ3) is 8.60. The number of benzene rings is 2. The average molecular weight is 490 g/mol. The summed E-state index contributed by atoms with van der Waals surface area (Å²) in [5.74, 6) is -0.920. The minimum absolute atomic E-state index is 0.164. The van der Waals surface area contributed by atoms with Crippen LogP contribution in [0.4, 0.5) is 13.2 Å². The Morgan fingerprint density at radius 2 is 1.77 bits per heavy atom. The van der Waals surface area contributed by atoms with Crippen LogP contribution in [0.5, 0.6) is 0 Å². The topological polar surface area (TPSA) is 83.4 Å². The molecule has 0 aliphatic rings. The Kier molecular flexibility index (Phi) is 10.5. The highest BCUT2D eigenvalue weighted by Gasteiger charge is 2.29. The number of carboxylic acid groups (broad SMARTS) is 1. The fourth-order valence-electron chi connectivity index (χ4n) is 3.33. The molecule has 6 nitrogen and oxygen atoms in total. The summed E-state index contributed by atoms with van der Waals surface area (Å²) < 4.78 is 40.1. The maximum atomic E-state index is 12.7. The number of alkyl halides is 3. The van der Waals surface area contributed by atoms with Gasteiger partial charge in [-0.15, -0.1) is 0 Å². The van der Waals surface area contributed by atoms with Crippen molar-refractivity contribution in [1.29, 1.82) is 0 Å². The zero-order valence-corrected chi connectivity index (χ0v) is 19.7. The van der Waals surface area contributed by atoms with Gasteiger partial charge in [0.1, 0.15) is 0 Å². The number of nitrogens with one attached hydrogen (secondary N) is 2. The van der Waals surface area contributed by atoms with Crippen molar-refractivity contribution in [2.75, 3.05) is 20.1 Å². The van der Waals surface area contributed by atoms with Gasteiger partial charge in [0.15, 0.2) is 0 Å². The molecule has 0 aliphatic heterocycles. The standard InChI is InChI=1S/C22H21F3N2O.C4H9NO2/c1-2-3-4-13-26-21(28)19-7-5-6-17-12-14-27(20(17)19)15-16-8-10-18(11-9-16)22(23,24)25;1-5-3-2-4(6)7/h2-3,5-12,14H,4,13,15H2,1H3,(H,26,28);5H,2-3H2,1H3,(H,6,7). The Morgan fingerprint density at radius 3 is 2.34 bits per heavy atom. The van der Waals surface area contributed by atoms with E-state index in [4.69, 9.17) is 5.11 Å². The number of para-hydroxylation sites is 1. The number of aromatic nitrogens is 1. The summed E-state index contributed by atoms with van der Waals surface area (Å²) in [7, 11) is 1.73. The molecule has 9 heteroatoms. The van der Waals surface area contributed by atoms with Crippen LogP contribution in [0.25, 0.3) is 10.9 Å². The van der Waals surface area contributed by atoms with Crippen LogP contribution in [0.15, 0.2) is 66.9 Å². The van der Waals surface area contributed by atoms with Gasteiger partial charge in [0.2, 0.25) is 0 Å². The van der Waals surface area contributed by atoms with Gasteiger partial charge < -0.3 is 20.3 Å². The molecule has 0 unspecified atom stereocenters. The second-order valence-electron chi connectivity index (χ2n) is 7.74. The monoisotopic (exact) mass is 489 g/mol. The van der Waals surface area contributed by atoms with E-state index < -0.39 is 17.7 Å². The van der Waals surface area contributed by atoms with Gasteiger partial charge in [-0.3, -0.25) is 9.59 Å². The van der Waals surface area contributed by atoms with Crippen LogP contribution in [-0.4, -0.2) is 41.7 Å². The maximum absolute atomic E-state index is 12.7. The van der Waals surface area contributed by atoms with E-state index in [0.717, 1.165) is 35.0 Å². The van der Waals surface area contributed by atoms with Crippen LogP contribution in [-0.2, 0) is 17.5 Å². The molecule has 0 atom stereocenters. The first-order chi connectivity index (χ1) is 16.7. The molecule has 2 aromatic carbocycles. The molecule has 3 rings (SSSR count). The fourth-order valence-corrected chi connectivity index (χ4v) is 3.33. The van der Waals surface area contributed by atoms with Crippen LogP contribution < -0.4 is 10.6 Å². The van der Waals surface area contributed by atoms with E-state index in [0.29, 0.717) is 25.2 Å². The van der Waals surface area contributed by atoms with Crippen molar-refractivity contribution in [3.05, 3.63) is 83.6 Å². The molecule has 35 heavy (non-hydrogen) atoms. The van der Waals surface area contributed by atoms with Gasteiger partial charge in [-0.25, -0.2) is 0 Å². The van der Waals surface area contributed by atoms with Crippen LogP contribution in [0, 0.1) is 0 Å². The number of amides is 1. The summed E-state index contributed by atoms with van der Waals surface area (Å²) in [5, 5.41) is 14.5. The smallest absolute Gasteiger partial charge is 0.416 e. The summed E-state index contributed by atoms with van der Waals surface area (Å²) in [5.41, 5.74) is 1.38. The van der Waals surface area contributed by atoms with Crippen LogP contribution in [0.3, 0.4) is 0 Å². The number of halogens is 3. The molecule has 1 aromatic heterocycles. The lowest BCUT2D eigenvalue weighted by Gasteiger charge is -2.12. The zero-order chi connectivity index (χ0) is 25.8. The molecule has 0 spiro atoms. The molecule has 188 valence electrons. The molecule has 0 radical (unpaired) electrons. The van der Waals surface area contributed by atoms with E-state index in [1.54, 1.807) is 13.1 Å². The van der Waals surface area contributed by atoms with E-state index >= 15 is 0 Å². The Labute approximate surface area is 202 Å². The van der Waals surface area contributed by atoms with Crippen molar-refractivity contribution in [3.63, 3.8) is 0 Å². The first kappa shape index (κ1) is 27.7. The zero-order valence-electron chi connectivity index (χ0n) is 19.7. The number of hydrogen-bond donors (Lipinski definition) is 3. The number of fused-ring (bicyclic) bond motifs is 1. The average Bonchev–Trinajstić information content (AvgIpc) is 3.23. The fraction of sp³-hybridized carbons (Fsp3) is 0.308. The second kappa shape index (κ2) is 13.3. The predicted molar refractivity (Wildman–Crippen MR) is 130 cm³/mol. The molecule has 1 heterocycles. The lowest BCUT2D eigenvalue weighted by molar-refractivity contribution is -0.138. The van der Waals surface area contributed by atoms with Crippen molar-refractivity contribution in [1.82, 2.24) is 15.2 Å². The highest BCUT2D eigenvalue weighted by Crippen LogP contribution is 2.29. The van der Waals surface area contributed by atoms with E-state index in [1.807, 2.05) is 48.0 Å². The van der Waals surface area contributed by atoms with Crippen molar-refractivity contribution in [2.24, 2.45) is 0 Å². The highest BCUT2D eigenvalue weighted by molar-refractivity contribution is 6.06. The first-order valence-corrected chi connectivity index (χ1v) is 11.2. The summed E-state index contributed by atoms with van der Waals surface area (Å²) in [6.45, 7) is 3.40. The van der Waals surface area contributed by atoms with Crippen LogP contribution in [0.1, 0.15) is 41.3 Å². The summed E-state index contributed by atoms with van der Waals surface area (Å²) >= 11 is 0. The van der Waals surface area contributed by atoms with Crippen LogP contribution >= 0.6 is 0 Å². The van der Waals surface area contributed by atoms with E-state index in [9.17, 15) is 22.8 Å². The Hall–Kier alpha value is -3.59. The highest BCUT2D eigenvalue weighted by atomic mass is 19.4. The van der Waals surface area contributed by atoms with Gasteiger partial charge in [-0.05, 0) is 50.2 Å². The number of rotatable bonds is 9. The molecule has 0 bridgehead atoms. The number of nitrogens with zero attached hydrogens (tertiary/aromatic N) is 1. The molecule has 1 amide bonds. The van der Waals surface area contributed by atoms with E-state index in [1.165, 1.54) is 12.1 Å². The summed E-state index contributed by atoms with van der Waals surface area (Å²) in [6, 6.07) is 12.5. The normalized spacial score (nSPS) is 11.3. The molecular weight excluding hydrogens is 459 g/mol. The Bertz CT molecular complexity index is 1140. The first-order valence-electron chi connectivity index (χ1n) is 11.2. The third-order valence-corrected chi connectivity index (χ3v) is 5.09. The molecule has 3 aromatic rings.